The quantitative estimate of drug-likeness (QED) is 0.714. The van der Waals surface area contributed by atoms with Crippen LogP contribution in [-0.2, 0) is 6.54 Å². The number of nitrogens with one attached hydrogen (secondary N) is 1. The van der Waals surface area contributed by atoms with Gasteiger partial charge in [0.25, 0.3) is 5.91 Å². The molecule has 3 aromatic rings. The number of hydrogen-bond donors (Lipinski definition) is 1. The molecule has 1 aromatic heterocycles. The van der Waals surface area contributed by atoms with Crippen LogP contribution >= 0.6 is 0 Å². The molecule has 0 atom stereocenters. The number of carbonyl (C=O) groups excluding carboxylic acids is 1. The Morgan fingerprint density at radius 2 is 1.93 bits per heavy atom. The third kappa shape index (κ3) is 5.07. The van der Waals surface area contributed by atoms with Gasteiger partial charge in [-0.3, -0.25) is 4.79 Å². The van der Waals surface area contributed by atoms with E-state index >= 15 is 0 Å². The van der Waals surface area contributed by atoms with Crippen molar-refractivity contribution in [2.24, 2.45) is 0 Å². The van der Waals surface area contributed by atoms with Crippen LogP contribution in [-0.4, -0.2) is 22.5 Å². The molecule has 5 nitrogen and oxygen atoms in total. The molecule has 3 rings (SSSR count). The van der Waals surface area contributed by atoms with Crippen LogP contribution in [0, 0.1) is 6.92 Å². The molecule has 1 amide bonds. The van der Waals surface area contributed by atoms with E-state index in [0.29, 0.717) is 17.0 Å². The fourth-order valence-electron chi connectivity index (χ4n) is 2.53. The summed E-state index contributed by atoms with van der Waals surface area (Å²) in [6.45, 7) is -0.870. The topological polar surface area (TPSA) is 64.1 Å². The second-order valence-corrected chi connectivity index (χ2v) is 5.78. The highest BCUT2D eigenvalue weighted by Gasteiger charge is 2.08. The predicted molar refractivity (Wildman–Crippen MR) is 96.4 cm³/mol. The molecular weight excluding hydrogens is 352 g/mol. The van der Waals surface area contributed by atoms with Crippen LogP contribution in [0.3, 0.4) is 0 Å². The Morgan fingerprint density at radius 1 is 1.15 bits per heavy atom. The number of amides is 1. The second-order valence-electron chi connectivity index (χ2n) is 5.78. The predicted octanol–water partition coefficient (Wildman–Crippen LogP) is 3.98. The smallest absolute Gasteiger partial charge is 0.387 e. The summed E-state index contributed by atoms with van der Waals surface area (Å²) in [6.07, 6.45) is 1.68. The minimum absolute atomic E-state index is 0.0567. The molecule has 0 radical (unpaired) electrons. The number of nitrogens with zero attached hydrogens (tertiary/aromatic N) is 2. The summed E-state index contributed by atoms with van der Waals surface area (Å²) in [5.74, 6) is 0.467. The Balaban J connectivity index is 1.63. The van der Waals surface area contributed by atoms with E-state index in [1.807, 2.05) is 19.1 Å². The number of aromatic nitrogens is 2. The molecule has 0 aliphatic carbocycles. The van der Waals surface area contributed by atoms with E-state index < -0.39 is 6.61 Å². The number of rotatable bonds is 6. The van der Waals surface area contributed by atoms with E-state index in [1.54, 1.807) is 36.5 Å². The van der Waals surface area contributed by atoms with Crippen molar-refractivity contribution in [1.82, 2.24) is 15.3 Å². The second kappa shape index (κ2) is 8.35. The Hall–Kier alpha value is -3.35. The van der Waals surface area contributed by atoms with Gasteiger partial charge in [-0.25, -0.2) is 9.97 Å². The molecule has 0 bridgehead atoms. The van der Waals surface area contributed by atoms with Crippen LogP contribution in [0.1, 0.15) is 21.7 Å². The average Bonchev–Trinajstić information content (AvgIpc) is 2.66. The van der Waals surface area contributed by atoms with E-state index in [-0.39, 0.29) is 18.2 Å². The van der Waals surface area contributed by atoms with Crippen LogP contribution in [0.15, 0.2) is 60.8 Å². The highest BCUT2D eigenvalue weighted by molar-refractivity contribution is 5.94. The lowest BCUT2D eigenvalue weighted by Crippen LogP contribution is -2.22. The maximum atomic E-state index is 12.3. The van der Waals surface area contributed by atoms with Crippen molar-refractivity contribution in [3.05, 3.63) is 77.7 Å². The first-order chi connectivity index (χ1) is 13.0. The van der Waals surface area contributed by atoms with Gasteiger partial charge in [0, 0.05) is 23.9 Å². The highest BCUT2D eigenvalue weighted by atomic mass is 19.3. The van der Waals surface area contributed by atoms with Crippen molar-refractivity contribution >= 4 is 5.91 Å². The maximum Gasteiger partial charge on any atom is 0.387 e. The molecule has 7 heteroatoms. The summed E-state index contributed by atoms with van der Waals surface area (Å²) in [4.78, 5) is 20.7. The van der Waals surface area contributed by atoms with Crippen LogP contribution in [0.4, 0.5) is 8.78 Å². The van der Waals surface area contributed by atoms with Crippen molar-refractivity contribution in [2.45, 2.75) is 20.1 Å². The zero-order valence-corrected chi connectivity index (χ0v) is 14.5. The molecule has 0 saturated heterocycles. The van der Waals surface area contributed by atoms with Gasteiger partial charge in [-0.15, -0.1) is 0 Å². The minimum atomic E-state index is -2.88. The summed E-state index contributed by atoms with van der Waals surface area (Å²) < 4.78 is 28.9. The van der Waals surface area contributed by atoms with Crippen LogP contribution in [0.5, 0.6) is 5.75 Å². The first-order valence-electron chi connectivity index (χ1n) is 8.23. The van der Waals surface area contributed by atoms with E-state index in [0.717, 1.165) is 11.3 Å². The third-order valence-corrected chi connectivity index (χ3v) is 3.80. The zero-order valence-electron chi connectivity index (χ0n) is 14.5. The SMILES string of the molecule is Cc1nccc(-c2ccc(C(=O)NCc3cccc(OC(F)F)c3)cc2)n1. The normalized spacial score (nSPS) is 10.7. The summed E-state index contributed by atoms with van der Waals surface area (Å²) in [5.41, 5.74) is 2.82. The van der Waals surface area contributed by atoms with Crippen molar-refractivity contribution in [1.29, 1.82) is 0 Å². The zero-order chi connectivity index (χ0) is 19.2. The molecule has 27 heavy (non-hydrogen) atoms. The van der Waals surface area contributed by atoms with Crippen molar-refractivity contribution in [3.63, 3.8) is 0 Å². The first-order valence-corrected chi connectivity index (χ1v) is 8.23. The van der Waals surface area contributed by atoms with Gasteiger partial charge in [0.2, 0.25) is 0 Å². The molecule has 0 fully saturated rings. The summed E-state index contributed by atoms with van der Waals surface area (Å²) in [7, 11) is 0. The molecule has 0 saturated carbocycles. The van der Waals surface area contributed by atoms with Gasteiger partial charge in [0.1, 0.15) is 11.6 Å². The Morgan fingerprint density at radius 3 is 2.63 bits per heavy atom. The number of aryl methyl sites for hydroxylation is 1. The van der Waals surface area contributed by atoms with Gasteiger partial charge >= 0.3 is 6.61 Å². The Labute approximate surface area is 155 Å². The van der Waals surface area contributed by atoms with E-state index in [4.69, 9.17) is 0 Å². The standard InChI is InChI=1S/C20H17F2N3O2/c1-13-23-10-9-18(25-13)15-5-7-16(8-6-15)19(26)24-12-14-3-2-4-17(11-14)27-20(21)22/h2-11,20H,12H2,1H3,(H,24,26). The molecule has 138 valence electrons. The monoisotopic (exact) mass is 369 g/mol. The van der Waals surface area contributed by atoms with Crippen LogP contribution in [0.2, 0.25) is 0 Å². The van der Waals surface area contributed by atoms with E-state index in [9.17, 15) is 13.6 Å². The molecule has 0 spiro atoms. The number of hydrogen-bond acceptors (Lipinski definition) is 4. The van der Waals surface area contributed by atoms with Gasteiger partial charge in [-0.2, -0.15) is 8.78 Å². The van der Waals surface area contributed by atoms with Crippen LogP contribution in [0.25, 0.3) is 11.3 Å². The molecule has 2 aromatic carbocycles. The van der Waals surface area contributed by atoms with Crippen LogP contribution < -0.4 is 10.1 Å². The van der Waals surface area contributed by atoms with Crippen molar-refractivity contribution in [2.75, 3.05) is 0 Å². The molecule has 0 unspecified atom stereocenters. The number of benzene rings is 2. The lowest BCUT2D eigenvalue weighted by atomic mass is 10.1. The largest absolute Gasteiger partial charge is 0.435 e. The number of carbonyl (C=O) groups is 1. The third-order valence-electron chi connectivity index (χ3n) is 3.80. The molecule has 1 N–H and O–H groups in total. The number of halogens is 2. The Kier molecular flexibility index (Phi) is 5.71. The first kappa shape index (κ1) is 18.4. The van der Waals surface area contributed by atoms with Gasteiger partial charge in [0.15, 0.2) is 0 Å². The number of ether oxygens (including phenoxy) is 1. The Bertz CT molecular complexity index is 931. The fourth-order valence-corrected chi connectivity index (χ4v) is 2.53. The fraction of sp³-hybridized carbons (Fsp3) is 0.150. The van der Waals surface area contributed by atoms with Gasteiger partial charge in [-0.1, -0.05) is 24.3 Å². The lowest BCUT2D eigenvalue weighted by Gasteiger charge is -2.09. The molecule has 0 aliphatic rings. The highest BCUT2D eigenvalue weighted by Crippen LogP contribution is 2.18. The van der Waals surface area contributed by atoms with E-state index in [1.165, 1.54) is 12.1 Å². The van der Waals surface area contributed by atoms with Gasteiger partial charge < -0.3 is 10.1 Å². The molecular formula is C20H17F2N3O2. The number of alkyl halides is 2. The van der Waals surface area contributed by atoms with Gasteiger partial charge in [0.05, 0.1) is 5.69 Å². The van der Waals surface area contributed by atoms with Crippen molar-refractivity contribution < 1.29 is 18.3 Å². The summed E-state index contributed by atoms with van der Waals surface area (Å²) in [6, 6.07) is 15.1. The molecule has 1 heterocycles. The molecule has 0 aliphatic heterocycles. The average molecular weight is 369 g/mol. The van der Waals surface area contributed by atoms with E-state index in [2.05, 4.69) is 20.0 Å². The lowest BCUT2D eigenvalue weighted by molar-refractivity contribution is -0.0498. The summed E-state index contributed by atoms with van der Waals surface area (Å²) in [5, 5.41) is 2.76. The summed E-state index contributed by atoms with van der Waals surface area (Å²) >= 11 is 0. The minimum Gasteiger partial charge on any atom is -0.435 e. The van der Waals surface area contributed by atoms with Gasteiger partial charge in [-0.05, 0) is 42.8 Å². The van der Waals surface area contributed by atoms with Crippen molar-refractivity contribution in [3.8, 4) is 17.0 Å². The maximum absolute atomic E-state index is 12.3.